The van der Waals surface area contributed by atoms with Gasteiger partial charge in [-0.3, -0.25) is 4.98 Å². The fourth-order valence-electron chi connectivity index (χ4n) is 1.51. The summed E-state index contributed by atoms with van der Waals surface area (Å²) in [5.41, 5.74) is 3.19. The monoisotopic (exact) mass is 257 g/mol. The first-order valence-corrected chi connectivity index (χ1v) is 5.66. The molecule has 4 heteroatoms. The normalized spacial score (nSPS) is 20.1. The average Bonchev–Trinajstić information content (AvgIpc) is 2.19. The molecule has 3 nitrogen and oxygen atoms in total. The third kappa shape index (κ3) is 1.64. The van der Waals surface area contributed by atoms with Crippen molar-refractivity contribution in [2.24, 2.45) is 0 Å². The molecule has 1 atom stereocenters. The van der Waals surface area contributed by atoms with Gasteiger partial charge in [-0.05, 0) is 19.4 Å². The standard InChI is InChI=1S/C10H12BrNO2/c1-6-10-9(5-13-7(2)14-10)8(3-11)4-12-6/h4,7H,3,5H2,1-2H3. The molecule has 1 unspecified atom stereocenters. The van der Waals surface area contributed by atoms with Gasteiger partial charge in [0.25, 0.3) is 0 Å². The maximum Gasteiger partial charge on any atom is 0.197 e. The van der Waals surface area contributed by atoms with Crippen molar-refractivity contribution in [2.45, 2.75) is 32.1 Å². The highest BCUT2D eigenvalue weighted by Crippen LogP contribution is 2.31. The minimum atomic E-state index is -0.173. The molecule has 0 aromatic carbocycles. The fraction of sp³-hybridized carbons (Fsp3) is 0.500. The molecule has 0 saturated carbocycles. The highest BCUT2D eigenvalue weighted by molar-refractivity contribution is 9.08. The highest BCUT2D eigenvalue weighted by Gasteiger charge is 2.21. The van der Waals surface area contributed by atoms with E-state index in [9.17, 15) is 0 Å². The van der Waals surface area contributed by atoms with Crippen LogP contribution >= 0.6 is 15.9 Å². The predicted octanol–water partition coefficient (Wildman–Crippen LogP) is 2.54. The molecule has 2 rings (SSSR count). The van der Waals surface area contributed by atoms with Crippen molar-refractivity contribution in [1.82, 2.24) is 4.98 Å². The molecule has 0 aliphatic carbocycles. The first kappa shape index (κ1) is 9.93. The zero-order chi connectivity index (χ0) is 10.1. The Morgan fingerprint density at radius 2 is 2.43 bits per heavy atom. The lowest BCUT2D eigenvalue weighted by atomic mass is 10.1. The van der Waals surface area contributed by atoms with Crippen LogP contribution in [0, 0.1) is 6.92 Å². The Bertz CT molecular complexity index is 354. The van der Waals surface area contributed by atoms with Gasteiger partial charge in [0, 0.05) is 17.1 Å². The van der Waals surface area contributed by atoms with Gasteiger partial charge in [0.05, 0.1) is 12.3 Å². The summed E-state index contributed by atoms with van der Waals surface area (Å²) in [5.74, 6) is 0.890. The Hall–Kier alpha value is -0.610. The van der Waals surface area contributed by atoms with Crippen molar-refractivity contribution in [2.75, 3.05) is 0 Å². The zero-order valence-corrected chi connectivity index (χ0v) is 9.80. The number of hydrogen-bond donors (Lipinski definition) is 0. The molecule has 2 heterocycles. The van der Waals surface area contributed by atoms with Crippen molar-refractivity contribution in [3.63, 3.8) is 0 Å². The lowest BCUT2D eigenvalue weighted by Gasteiger charge is -2.26. The Morgan fingerprint density at radius 3 is 3.14 bits per heavy atom. The van der Waals surface area contributed by atoms with Crippen molar-refractivity contribution in [3.8, 4) is 5.75 Å². The zero-order valence-electron chi connectivity index (χ0n) is 8.21. The second-order valence-corrected chi connectivity index (χ2v) is 3.87. The number of pyridine rings is 1. The molecule has 1 aromatic heterocycles. The maximum absolute atomic E-state index is 5.60. The van der Waals surface area contributed by atoms with E-state index in [1.54, 1.807) is 0 Å². The van der Waals surface area contributed by atoms with Crippen molar-refractivity contribution < 1.29 is 9.47 Å². The van der Waals surface area contributed by atoms with E-state index in [-0.39, 0.29) is 6.29 Å². The SMILES string of the molecule is Cc1ncc(CBr)c2c1OC(C)OC2. The van der Waals surface area contributed by atoms with Crippen molar-refractivity contribution in [1.29, 1.82) is 0 Å². The minimum absolute atomic E-state index is 0.173. The van der Waals surface area contributed by atoms with Crippen LogP contribution < -0.4 is 4.74 Å². The average molecular weight is 258 g/mol. The number of fused-ring (bicyclic) bond motifs is 1. The summed E-state index contributed by atoms with van der Waals surface area (Å²) >= 11 is 3.43. The topological polar surface area (TPSA) is 31.4 Å². The van der Waals surface area contributed by atoms with E-state index in [1.165, 1.54) is 0 Å². The maximum atomic E-state index is 5.60. The molecule has 0 radical (unpaired) electrons. The number of nitrogens with zero attached hydrogens (tertiary/aromatic N) is 1. The molecule has 0 bridgehead atoms. The number of hydrogen-bond acceptors (Lipinski definition) is 3. The second kappa shape index (κ2) is 3.87. The van der Waals surface area contributed by atoms with Gasteiger partial charge >= 0.3 is 0 Å². The Labute approximate surface area is 91.6 Å². The van der Waals surface area contributed by atoms with Crippen molar-refractivity contribution in [3.05, 3.63) is 23.0 Å². The molecule has 0 N–H and O–H groups in total. The molecular formula is C10H12BrNO2. The summed E-state index contributed by atoms with van der Waals surface area (Å²) in [6, 6.07) is 0. The van der Waals surface area contributed by atoms with Gasteiger partial charge in [0.1, 0.15) is 5.75 Å². The number of ether oxygens (including phenoxy) is 2. The number of rotatable bonds is 1. The van der Waals surface area contributed by atoms with E-state index in [1.807, 2.05) is 20.0 Å². The highest BCUT2D eigenvalue weighted by atomic mass is 79.9. The smallest absolute Gasteiger partial charge is 0.197 e. The molecule has 1 aromatic rings. The van der Waals surface area contributed by atoms with Gasteiger partial charge in [0.2, 0.25) is 0 Å². The lowest BCUT2D eigenvalue weighted by Crippen LogP contribution is -2.23. The van der Waals surface area contributed by atoms with E-state index in [4.69, 9.17) is 9.47 Å². The van der Waals surface area contributed by atoms with Crippen LogP contribution in [0.25, 0.3) is 0 Å². The molecular weight excluding hydrogens is 246 g/mol. The largest absolute Gasteiger partial charge is 0.463 e. The van der Waals surface area contributed by atoms with Crippen molar-refractivity contribution >= 4 is 15.9 Å². The van der Waals surface area contributed by atoms with Gasteiger partial charge in [-0.15, -0.1) is 0 Å². The van der Waals surface area contributed by atoms with Crippen LogP contribution in [0.2, 0.25) is 0 Å². The molecule has 0 spiro atoms. The van der Waals surface area contributed by atoms with E-state index < -0.39 is 0 Å². The van der Waals surface area contributed by atoms with E-state index >= 15 is 0 Å². The van der Waals surface area contributed by atoms with E-state index in [2.05, 4.69) is 20.9 Å². The van der Waals surface area contributed by atoms with Gasteiger partial charge < -0.3 is 9.47 Å². The van der Waals surface area contributed by atoms with Gasteiger partial charge in [-0.25, -0.2) is 0 Å². The summed E-state index contributed by atoms with van der Waals surface area (Å²) in [6.45, 7) is 4.46. The van der Waals surface area contributed by atoms with Crippen LogP contribution in [0.1, 0.15) is 23.7 Å². The van der Waals surface area contributed by atoms with Crippen LogP contribution in [0.4, 0.5) is 0 Å². The molecule has 1 aliphatic heterocycles. The first-order chi connectivity index (χ1) is 6.72. The molecule has 76 valence electrons. The van der Waals surface area contributed by atoms with Gasteiger partial charge in [-0.2, -0.15) is 0 Å². The second-order valence-electron chi connectivity index (χ2n) is 3.31. The van der Waals surface area contributed by atoms with Gasteiger partial charge in [0.15, 0.2) is 6.29 Å². The fourth-order valence-corrected chi connectivity index (χ4v) is 1.99. The summed E-state index contributed by atoms with van der Waals surface area (Å²) in [7, 11) is 0. The Morgan fingerprint density at radius 1 is 1.64 bits per heavy atom. The summed E-state index contributed by atoms with van der Waals surface area (Å²) in [6.07, 6.45) is 1.69. The Kier molecular flexibility index (Phi) is 2.74. The third-order valence-electron chi connectivity index (χ3n) is 2.29. The van der Waals surface area contributed by atoms with Crippen LogP contribution in [-0.2, 0) is 16.7 Å². The summed E-state index contributed by atoms with van der Waals surface area (Å²) in [5, 5.41) is 0.781. The molecule has 0 saturated heterocycles. The molecule has 1 aliphatic rings. The van der Waals surface area contributed by atoms with E-state index in [0.29, 0.717) is 6.61 Å². The summed E-state index contributed by atoms with van der Waals surface area (Å²) in [4.78, 5) is 4.29. The van der Waals surface area contributed by atoms with Crippen LogP contribution in [0.15, 0.2) is 6.20 Å². The Balaban J connectivity index is 2.49. The number of aryl methyl sites for hydroxylation is 1. The van der Waals surface area contributed by atoms with Crippen LogP contribution in [-0.4, -0.2) is 11.3 Å². The lowest BCUT2D eigenvalue weighted by molar-refractivity contribution is -0.0953. The first-order valence-electron chi connectivity index (χ1n) is 4.54. The van der Waals surface area contributed by atoms with E-state index in [0.717, 1.165) is 27.9 Å². The third-order valence-corrected chi connectivity index (χ3v) is 2.90. The van der Waals surface area contributed by atoms with Crippen LogP contribution in [0.5, 0.6) is 5.75 Å². The number of halogens is 1. The number of alkyl halides is 1. The molecule has 14 heavy (non-hydrogen) atoms. The predicted molar refractivity (Wildman–Crippen MR) is 56.5 cm³/mol. The molecule has 0 fully saturated rings. The number of aromatic nitrogens is 1. The minimum Gasteiger partial charge on any atom is -0.463 e. The quantitative estimate of drug-likeness (QED) is 0.725. The van der Waals surface area contributed by atoms with Gasteiger partial charge in [-0.1, -0.05) is 15.9 Å². The summed E-state index contributed by atoms with van der Waals surface area (Å²) < 4.78 is 11.0. The van der Waals surface area contributed by atoms with Crippen LogP contribution in [0.3, 0.4) is 0 Å². The molecule has 0 amide bonds.